The third-order valence-corrected chi connectivity index (χ3v) is 6.79. The first-order valence-electron chi connectivity index (χ1n) is 10.3. The molecule has 1 aromatic heterocycles. The molecule has 0 aromatic carbocycles. The first kappa shape index (κ1) is 20.9. The molecule has 2 bridgehead atoms. The number of halogens is 1. The molecule has 0 unspecified atom stereocenters. The number of anilines is 1. The van der Waals surface area contributed by atoms with E-state index >= 15 is 0 Å². The molecule has 4 saturated carbocycles. The molecule has 30 heavy (non-hydrogen) atoms. The summed E-state index contributed by atoms with van der Waals surface area (Å²) in [5, 5.41) is 9.88. The van der Waals surface area contributed by atoms with Gasteiger partial charge in [-0.2, -0.15) is 0 Å². The first-order valence-corrected chi connectivity index (χ1v) is 10.7. The molecule has 1 heterocycles. The summed E-state index contributed by atoms with van der Waals surface area (Å²) in [6.45, 7) is 1.53. The SMILES string of the molecule is COC(=O)C1CCC(NC(=O)c2cnc(Cl)cc2NC23CC(NC(C)=O)(C2)C3)CC1. The Morgan fingerprint density at radius 3 is 2.40 bits per heavy atom. The quantitative estimate of drug-likeness (QED) is 0.468. The predicted octanol–water partition coefficient (Wildman–Crippen LogP) is 2.42. The third-order valence-electron chi connectivity index (χ3n) is 6.58. The summed E-state index contributed by atoms with van der Waals surface area (Å²) in [6, 6.07) is 1.69. The van der Waals surface area contributed by atoms with Crippen LogP contribution in [0, 0.1) is 5.92 Å². The van der Waals surface area contributed by atoms with Crippen LogP contribution >= 0.6 is 11.6 Å². The van der Waals surface area contributed by atoms with Crippen LogP contribution in [0.25, 0.3) is 0 Å². The lowest BCUT2D eigenvalue weighted by Gasteiger charge is -2.70. The minimum Gasteiger partial charge on any atom is -0.469 e. The molecule has 4 aliphatic rings. The van der Waals surface area contributed by atoms with Gasteiger partial charge in [-0.25, -0.2) is 4.98 Å². The van der Waals surface area contributed by atoms with Crippen molar-refractivity contribution in [1.29, 1.82) is 0 Å². The number of aromatic nitrogens is 1. The van der Waals surface area contributed by atoms with Gasteiger partial charge in [0, 0.05) is 30.2 Å². The highest BCUT2D eigenvalue weighted by Gasteiger charge is 2.68. The number of ether oxygens (including phenoxy) is 1. The van der Waals surface area contributed by atoms with Crippen molar-refractivity contribution in [1.82, 2.24) is 15.6 Å². The Morgan fingerprint density at radius 2 is 1.80 bits per heavy atom. The van der Waals surface area contributed by atoms with Crippen LogP contribution in [0.2, 0.25) is 5.15 Å². The van der Waals surface area contributed by atoms with Crippen molar-refractivity contribution < 1.29 is 19.1 Å². The second-order valence-corrected chi connectivity index (χ2v) is 9.38. The number of hydrogen-bond donors (Lipinski definition) is 3. The highest BCUT2D eigenvalue weighted by molar-refractivity contribution is 6.29. The molecule has 0 atom stereocenters. The van der Waals surface area contributed by atoms with Gasteiger partial charge in [0.2, 0.25) is 5.91 Å². The van der Waals surface area contributed by atoms with E-state index in [1.54, 1.807) is 6.07 Å². The molecule has 1 aromatic rings. The minimum atomic E-state index is -0.202. The lowest BCUT2D eigenvalue weighted by molar-refractivity contribution is -0.146. The maximum absolute atomic E-state index is 12.9. The second kappa shape index (κ2) is 7.72. The molecule has 0 radical (unpaired) electrons. The summed E-state index contributed by atoms with van der Waals surface area (Å²) in [7, 11) is 1.40. The molecule has 9 heteroatoms. The molecule has 0 aliphatic heterocycles. The van der Waals surface area contributed by atoms with Crippen molar-refractivity contribution in [2.75, 3.05) is 12.4 Å². The van der Waals surface area contributed by atoms with Gasteiger partial charge >= 0.3 is 5.97 Å². The Morgan fingerprint density at radius 1 is 1.13 bits per heavy atom. The highest BCUT2D eigenvalue weighted by Crippen LogP contribution is 2.61. The number of hydrogen-bond acceptors (Lipinski definition) is 6. The zero-order valence-electron chi connectivity index (χ0n) is 17.2. The van der Waals surface area contributed by atoms with Gasteiger partial charge in [0.25, 0.3) is 5.91 Å². The van der Waals surface area contributed by atoms with Gasteiger partial charge in [-0.1, -0.05) is 11.6 Å². The van der Waals surface area contributed by atoms with Crippen LogP contribution in [0.5, 0.6) is 0 Å². The highest BCUT2D eigenvalue weighted by atomic mass is 35.5. The van der Waals surface area contributed by atoms with Crippen molar-refractivity contribution in [3.8, 4) is 0 Å². The summed E-state index contributed by atoms with van der Waals surface area (Å²) in [5.74, 6) is -0.481. The molecule has 4 fully saturated rings. The average Bonchev–Trinajstić information content (AvgIpc) is 2.65. The lowest BCUT2D eigenvalue weighted by Crippen LogP contribution is -2.81. The van der Waals surface area contributed by atoms with Gasteiger partial charge in [-0.3, -0.25) is 14.4 Å². The minimum absolute atomic E-state index is 0.0138. The van der Waals surface area contributed by atoms with Gasteiger partial charge in [0.15, 0.2) is 0 Å². The zero-order chi connectivity index (χ0) is 21.5. The molecule has 4 aliphatic carbocycles. The fourth-order valence-electron chi connectivity index (χ4n) is 5.33. The number of rotatable bonds is 6. The number of nitrogens with zero attached hydrogens (tertiary/aromatic N) is 1. The van der Waals surface area contributed by atoms with E-state index in [1.165, 1.54) is 20.2 Å². The van der Waals surface area contributed by atoms with E-state index < -0.39 is 0 Å². The van der Waals surface area contributed by atoms with Crippen molar-refractivity contribution >= 4 is 35.1 Å². The third kappa shape index (κ3) is 3.97. The summed E-state index contributed by atoms with van der Waals surface area (Å²) in [4.78, 5) is 40.1. The number of nitrogens with one attached hydrogen (secondary N) is 3. The first-order chi connectivity index (χ1) is 14.2. The molecule has 2 amide bonds. The van der Waals surface area contributed by atoms with Crippen molar-refractivity contribution in [3.05, 3.63) is 23.0 Å². The fourth-order valence-corrected chi connectivity index (χ4v) is 5.49. The van der Waals surface area contributed by atoms with Gasteiger partial charge in [0.05, 0.1) is 24.3 Å². The van der Waals surface area contributed by atoms with Crippen LogP contribution in [0.4, 0.5) is 5.69 Å². The van der Waals surface area contributed by atoms with Crippen molar-refractivity contribution in [3.63, 3.8) is 0 Å². The maximum atomic E-state index is 12.9. The topological polar surface area (TPSA) is 109 Å². The van der Waals surface area contributed by atoms with Crippen LogP contribution in [0.1, 0.15) is 62.2 Å². The number of amides is 2. The molecular formula is C21H27ClN4O4. The average molecular weight is 435 g/mol. The smallest absolute Gasteiger partial charge is 0.308 e. The summed E-state index contributed by atoms with van der Waals surface area (Å²) >= 11 is 6.09. The number of carbonyl (C=O) groups is 3. The summed E-state index contributed by atoms with van der Waals surface area (Å²) in [6.07, 6.45) is 6.87. The van der Waals surface area contributed by atoms with E-state index in [2.05, 4.69) is 20.9 Å². The Hall–Kier alpha value is -2.35. The summed E-state index contributed by atoms with van der Waals surface area (Å²) in [5.41, 5.74) is 0.900. The lowest BCUT2D eigenvalue weighted by atomic mass is 9.44. The van der Waals surface area contributed by atoms with Crippen LogP contribution in [-0.2, 0) is 14.3 Å². The number of carbonyl (C=O) groups excluding carboxylic acids is 3. The largest absolute Gasteiger partial charge is 0.469 e. The number of methoxy groups -OCH3 is 1. The van der Waals surface area contributed by atoms with Gasteiger partial charge < -0.3 is 20.7 Å². The predicted molar refractivity (Wildman–Crippen MR) is 111 cm³/mol. The number of pyridine rings is 1. The van der Waals surface area contributed by atoms with Gasteiger partial charge in [0.1, 0.15) is 5.15 Å². The standard InChI is InChI=1S/C21H27ClN4O4/c1-12(27)25-20-9-21(10-20,11-20)26-16-7-17(22)23-8-15(16)18(28)24-14-5-3-13(4-6-14)19(29)30-2/h7-8,13-14H,3-6,9-11H2,1-2H3,(H,23,26)(H,24,28)(H,25,27). The Bertz CT molecular complexity index is 862. The van der Waals surface area contributed by atoms with Gasteiger partial charge in [-0.05, 0) is 51.0 Å². The maximum Gasteiger partial charge on any atom is 0.308 e. The van der Waals surface area contributed by atoms with E-state index in [0.29, 0.717) is 29.2 Å². The van der Waals surface area contributed by atoms with Crippen molar-refractivity contribution in [2.45, 2.75) is 69.0 Å². The van der Waals surface area contributed by atoms with Crippen molar-refractivity contribution in [2.24, 2.45) is 5.92 Å². The Kier molecular flexibility index (Phi) is 5.38. The fraction of sp³-hybridized carbons (Fsp3) is 0.619. The van der Waals surface area contributed by atoms with E-state index in [-0.39, 0.29) is 40.8 Å². The van der Waals surface area contributed by atoms with E-state index in [9.17, 15) is 14.4 Å². The molecule has 3 N–H and O–H groups in total. The zero-order valence-corrected chi connectivity index (χ0v) is 18.0. The molecular weight excluding hydrogens is 408 g/mol. The Labute approximate surface area is 180 Å². The van der Waals surface area contributed by atoms with Crippen LogP contribution in [-0.4, -0.2) is 47.0 Å². The normalized spacial score (nSPS) is 31.6. The molecule has 162 valence electrons. The van der Waals surface area contributed by atoms with E-state index in [0.717, 1.165) is 32.1 Å². The van der Waals surface area contributed by atoms with Crippen LogP contribution in [0.3, 0.4) is 0 Å². The Balaban J connectivity index is 1.38. The molecule has 5 rings (SSSR count). The molecule has 8 nitrogen and oxygen atoms in total. The molecule has 0 saturated heterocycles. The summed E-state index contributed by atoms with van der Waals surface area (Å²) < 4.78 is 4.82. The monoisotopic (exact) mass is 434 g/mol. The second-order valence-electron chi connectivity index (χ2n) is 8.99. The van der Waals surface area contributed by atoms with E-state index in [1.807, 2.05) is 0 Å². The van der Waals surface area contributed by atoms with Gasteiger partial charge in [-0.15, -0.1) is 0 Å². The van der Waals surface area contributed by atoms with Crippen LogP contribution < -0.4 is 16.0 Å². The molecule has 0 spiro atoms. The van der Waals surface area contributed by atoms with Crippen LogP contribution in [0.15, 0.2) is 12.3 Å². The number of esters is 1. The van der Waals surface area contributed by atoms with E-state index in [4.69, 9.17) is 16.3 Å².